The molecule has 1 aliphatic carbocycles. The van der Waals surface area contributed by atoms with Crippen LogP contribution in [0.25, 0.3) is 10.2 Å². The lowest BCUT2D eigenvalue weighted by molar-refractivity contribution is 0.445. The van der Waals surface area contributed by atoms with Crippen LogP contribution in [0.4, 0.5) is 8.78 Å². The predicted octanol–water partition coefficient (Wildman–Crippen LogP) is 4.02. The molecular formula is C24H22F2N4OS. The molecule has 0 amide bonds. The van der Waals surface area contributed by atoms with Gasteiger partial charge in [0.05, 0.1) is 11.7 Å². The summed E-state index contributed by atoms with van der Waals surface area (Å²) >= 11 is 1.54. The van der Waals surface area contributed by atoms with Crippen molar-refractivity contribution in [3.05, 3.63) is 92.6 Å². The first kappa shape index (κ1) is 20.9. The van der Waals surface area contributed by atoms with E-state index in [2.05, 4.69) is 15.3 Å². The molecule has 5 rings (SSSR count). The third-order valence-electron chi connectivity index (χ3n) is 6.00. The number of hydrogen-bond acceptors (Lipinski definition) is 5. The third kappa shape index (κ3) is 4.08. The second kappa shape index (κ2) is 8.88. The average molecular weight is 453 g/mol. The molecule has 0 unspecified atom stereocenters. The highest BCUT2D eigenvalue weighted by Gasteiger charge is 2.25. The minimum atomic E-state index is -0.536. The van der Waals surface area contributed by atoms with Crippen LogP contribution in [0.2, 0.25) is 0 Å². The minimum absolute atomic E-state index is 0.0109. The predicted molar refractivity (Wildman–Crippen MR) is 121 cm³/mol. The molecule has 1 aliphatic rings. The molecule has 8 heteroatoms. The van der Waals surface area contributed by atoms with Gasteiger partial charge in [-0.1, -0.05) is 12.1 Å². The quantitative estimate of drug-likeness (QED) is 0.480. The van der Waals surface area contributed by atoms with E-state index in [0.29, 0.717) is 18.4 Å². The molecule has 4 aromatic rings. The number of hydrogen-bond donors (Lipinski definition) is 1. The zero-order valence-corrected chi connectivity index (χ0v) is 18.2. The molecule has 0 saturated carbocycles. The molecule has 0 bridgehead atoms. The monoisotopic (exact) mass is 452 g/mol. The number of fused-ring (bicyclic) bond motifs is 3. The highest BCUT2D eigenvalue weighted by molar-refractivity contribution is 7.18. The molecule has 0 radical (unpaired) electrons. The van der Waals surface area contributed by atoms with Gasteiger partial charge in [0.25, 0.3) is 5.56 Å². The Labute approximate surface area is 187 Å². The Bertz CT molecular complexity index is 1300. The normalized spacial score (nSPS) is 15.8. The van der Waals surface area contributed by atoms with Crippen molar-refractivity contribution < 1.29 is 8.78 Å². The molecule has 32 heavy (non-hydrogen) atoms. The fraction of sp³-hybridized carbons (Fsp3) is 0.292. The van der Waals surface area contributed by atoms with E-state index in [4.69, 9.17) is 0 Å². The number of aryl methyl sites for hydroxylation is 3. The van der Waals surface area contributed by atoms with Crippen LogP contribution in [0.1, 0.15) is 28.1 Å². The molecule has 0 fully saturated rings. The number of aromatic nitrogens is 3. The van der Waals surface area contributed by atoms with Crippen LogP contribution < -0.4 is 10.9 Å². The molecule has 5 nitrogen and oxygen atoms in total. The lowest BCUT2D eigenvalue weighted by Crippen LogP contribution is -2.34. The van der Waals surface area contributed by atoms with Gasteiger partial charge in [-0.05, 0) is 49.1 Å². The average Bonchev–Trinajstić information content (AvgIpc) is 3.17. The van der Waals surface area contributed by atoms with Crippen molar-refractivity contribution in [2.45, 2.75) is 44.8 Å². The van der Waals surface area contributed by atoms with Crippen molar-refractivity contribution in [2.75, 3.05) is 0 Å². The van der Waals surface area contributed by atoms with Gasteiger partial charge in [0.1, 0.15) is 16.5 Å². The number of halogens is 2. The SMILES string of the molecule is O=c1c2c3c(sc2ncn1CCc1ccccn1)C[C@@H](NCc1c(F)cccc1F)CC3. The van der Waals surface area contributed by atoms with Gasteiger partial charge >= 0.3 is 0 Å². The molecule has 0 aliphatic heterocycles. The van der Waals surface area contributed by atoms with Gasteiger partial charge in [-0.15, -0.1) is 11.3 Å². The Hall–Kier alpha value is -2.97. The fourth-order valence-corrected chi connectivity index (χ4v) is 5.52. The molecule has 1 atom stereocenters. The Morgan fingerprint density at radius 1 is 1.12 bits per heavy atom. The Kier molecular flexibility index (Phi) is 5.80. The molecule has 1 N–H and O–H groups in total. The van der Waals surface area contributed by atoms with Gasteiger partial charge in [0, 0.05) is 47.9 Å². The summed E-state index contributed by atoms with van der Waals surface area (Å²) in [6, 6.07) is 9.77. The first-order valence-electron chi connectivity index (χ1n) is 10.7. The number of nitrogens with zero attached hydrogens (tertiary/aromatic N) is 3. The van der Waals surface area contributed by atoms with Gasteiger partial charge in [-0.3, -0.25) is 14.3 Å². The van der Waals surface area contributed by atoms with Crippen LogP contribution >= 0.6 is 11.3 Å². The van der Waals surface area contributed by atoms with E-state index >= 15 is 0 Å². The Balaban J connectivity index is 1.33. The molecule has 1 aromatic carbocycles. The standard InChI is InChI=1S/C24H22F2N4OS/c25-19-5-3-6-20(26)18(19)13-28-16-7-8-17-21(12-16)32-23-22(17)24(31)30(14-29-23)11-9-15-4-1-2-10-27-15/h1-6,10,14,16,28H,7-9,11-13H2/t16-/m0/s1. The summed E-state index contributed by atoms with van der Waals surface area (Å²) < 4.78 is 29.5. The van der Waals surface area contributed by atoms with Gasteiger partial charge in [0.2, 0.25) is 0 Å². The molecule has 164 valence electrons. The fourth-order valence-electron chi connectivity index (χ4n) is 4.26. The highest BCUT2D eigenvalue weighted by Crippen LogP contribution is 2.33. The lowest BCUT2D eigenvalue weighted by atomic mass is 9.93. The van der Waals surface area contributed by atoms with Gasteiger partial charge in [-0.2, -0.15) is 0 Å². The van der Waals surface area contributed by atoms with Crippen molar-refractivity contribution in [2.24, 2.45) is 0 Å². The van der Waals surface area contributed by atoms with Crippen LogP contribution in [-0.4, -0.2) is 20.6 Å². The number of thiophene rings is 1. The minimum Gasteiger partial charge on any atom is -0.309 e. The number of benzene rings is 1. The van der Waals surface area contributed by atoms with Crippen LogP contribution in [0.5, 0.6) is 0 Å². The molecule has 3 aromatic heterocycles. The van der Waals surface area contributed by atoms with Crippen molar-refractivity contribution >= 4 is 21.6 Å². The van der Waals surface area contributed by atoms with Crippen LogP contribution in [0.15, 0.2) is 53.7 Å². The lowest BCUT2D eigenvalue weighted by Gasteiger charge is -2.23. The zero-order valence-electron chi connectivity index (χ0n) is 17.4. The van der Waals surface area contributed by atoms with Crippen molar-refractivity contribution in [3.8, 4) is 0 Å². The van der Waals surface area contributed by atoms with E-state index < -0.39 is 11.6 Å². The van der Waals surface area contributed by atoms with E-state index in [1.165, 1.54) is 18.2 Å². The zero-order chi connectivity index (χ0) is 22.1. The molecule has 3 heterocycles. The molecule has 0 spiro atoms. The second-order valence-corrected chi connectivity index (χ2v) is 9.10. The number of rotatable bonds is 6. The maximum absolute atomic E-state index is 13.9. The highest BCUT2D eigenvalue weighted by atomic mass is 32.1. The summed E-state index contributed by atoms with van der Waals surface area (Å²) in [7, 11) is 0. The maximum Gasteiger partial charge on any atom is 0.262 e. The second-order valence-electron chi connectivity index (χ2n) is 8.02. The largest absolute Gasteiger partial charge is 0.309 e. The summed E-state index contributed by atoms with van der Waals surface area (Å²) in [6.07, 6.45) is 6.30. The molecular weight excluding hydrogens is 430 g/mol. The number of pyridine rings is 1. The summed E-state index contributed by atoms with van der Waals surface area (Å²) in [5.41, 5.74) is 2.06. The molecule has 0 saturated heterocycles. The van der Waals surface area contributed by atoms with Crippen molar-refractivity contribution in [1.82, 2.24) is 19.9 Å². The first-order valence-corrected chi connectivity index (χ1v) is 11.5. The van der Waals surface area contributed by atoms with E-state index in [-0.39, 0.29) is 23.7 Å². The van der Waals surface area contributed by atoms with Crippen molar-refractivity contribution in [3.63, 3.8) is 0 Å². The Morgan fingerprint density at radius 3 is 2.75 bits per heavy atom. The van der Waals surface area contributed by atoms with E-state index in [0.717, 1.165) is 40.2 Å². The van der Waals surface area contributed by atoms with E-state index in [9.17, 15) is 13.6 Å². The number of nitrogens with one attached hydrogen (secondary N) is 1. The van der Waals surface area contributed by atoms with E-state index in [1.807, 2.05) is 18.2 Å². The summed E-state index contributed by atoms with van der Waals surface area (Å²) in [5, 5.41) is 4.00. The van der Waals surface area contributed by atoms with Gasteiger partial charge in [-0.25, -0.2) is 13.8 Å². The van der Waals surface area contributed by atoms with Gasteiger partial charge in [0.15, 0.2) is 0 Å². The summed E-state index contributed by atoms with van der Waals surface area (Å²) in [6.45, 7) is 0.670. The van der Waals surface area contributed by atoms with E-state index in [1.54, 1.807) is 28.4 Å². The topological polar surface area (TPSA) is 59.8 Å². The smallest absolute Gasteiger partial charge is 0.262 e. The van der Waals surface area contributed by atoms with Crippen LogP contribution in [0.3, 0.4) is 0 Å². The first-order chi connectivity index (χ1) is 15.6. The Morgan fingerprint density at radius 2 is 1.97 bits per heavy atom. The summed E-state index contributed by atoms with van der Waals surface area (Å²) in [5.74, 6) is -1.07. The van der Waals surface area contributed by atoms with Crippen molar-refractivity contribution in [1.29, 1.82) is 0 Å². The van der Waals surface area contributed by atoms with Crippen LogP contribution in [0, 0.1) is 11.6 Å². The third-order valence-corrected chi connectivity index (χ3v) is 7.16. The maximum atomic E-state index is 13.9. The van der Waals surface area contributed by atoms with Gasteiger partial charge < -0.3 is 5.32 Å². The van der Waals surface area contributed by atoms with Crippen LogP contribution in [-0.2, 0) is 32.4 Å². The summed E-state index contributed by atoms with van der Waals surface area (Å²) in [4.78, 5) is 23.9.